The van der Waals surface area contributed by atoms with Crippen LogP contribution in [0.15, 0.2) is 60.8 Å². The van der Waals surface area contributed by atoms with Crippen molar-refractivity contribution >= 4 is 22.0 Å². The Bertz CT molecular complexity index is 1520. The first-order valence-electron chi connectivity index (χ1n) is 12.9. The first kappa shape index (κ1) is 29.8. The topological polar surface area (TPSA) is 124 Å². The van der Waals surface area contributed by atoms with Gasteiger partial charge in [-0.15, -0.1) is 0 Å². The van der Waals surface area contributed by atoms with E-state index < -0.39 is 27.3 Å². The van der Waals surface area contributed by atoms with E-state index in [1.807, 2.05) is 32.9 Å². The van der Waals surface area contributed by atoms with Crippen molar-refractivity contribution < 1.29 is 36.6 Å². The minimum Gasteiger partial charge on any atom is -0.489 e. The smallest absolute Gasteiger partial charge is 0.410 e. The zero-order chi connectivity index (χ0) is 29.8. The molecule has 2 heterocycles. The zero-order valence-electron chi connectivity index (χ0n) is 23.2. The summed E-state index contributed by atoms with van der Waals surface area (Å²) >= 11 is 0. The quantitative estimate of drug-likeness (QED) is 0.392. The van der Waals surface area contributed by atoms with Crippen molar-refractivity contribution in [3.05, 3.63) is 77.7 Å². The molecule has 0 spiro atoms. The first-order chi connectivity index (χ1) is 19.3. The maximum absolute atomic E-state index is 14.5. The van der Waals surface area contributed by atoms with Crippen LogP contribution in [0.25, 0.3) is 11.1 Å². The number of hydrogen-bond acceptors (Lipinski definition) is 8. The lowest BCUT2D eigenvalue weighted by molar-refractivity contribution is -0.00808. The number of likely N-dealkylation sites (tertiary alicyclic amines) is 1. The van der Waals surface area contributed by atoms with Crippen LogP contribution < -0.4 is 14.2 Å². The molecule has 0 bridgehead atoms. The molecule has 0 aliphatic carbocycles. The van der Waals surface area contributed by atoms with Crippen molar-refractivity contribution in [3.8, 4) is 22.8 Å². The maximum Gasteiger partial charge on any atom is 0.410 e. The molecule has 1 aliphatic heterocycles. The molecule has 0 saturated carbocycles. The summed E-state index contributed by atoms with van der Waals surface area (Å²) < 4.78 is 55.7. The predicted octanol–water partition coefficient (Wildman–Crippen LogP) is 4.40. The Morgan fingerprint density at radius 3 is 2.44 bits per heavy atom. The van der Waals surface area contributed by atoms with Crippen LogP contribution in [0.4, 0.5) is 9.18 Å². The molecule has 0 unspecified atom stereocenters. The molecule has 1 aliphatic rings. The summed E-state index contributed by atoms with van der Waals surface area (Å²) in [5.41, 5.74) is 1.23. The first-order valence-corrected chi connectivity index (χ1v) is 14.8. The number of carbonyl (C=O) groups is 2. The maximum atomic E-state index is 14.5. The van der Waals surface area contributed by atoms with Gasteiger partial charge in [0.2, 0.25) is 15.9 Å². The van der Waals surface area contributed by atoms with Crippen LogP contribution in [-0.4, -0.2) is 61.9 Å². The number of benzene rings is 2. The van der Waals surface area contributed by atoms with E-state index in [1.54, 1.807) is 40.1 Å². The summed E-state index contributed by atoms with van der Waals surface area (Å²) in [5.74, 6) is -0.420. The second-order valence-electron chi connectivity index (χ2n) is 10.8. The summed E-state index contributed by atoms with van der Waals surface area (Å²) in [4.78, 5) is 30.0. The van der Waals surface area contributed by atoms with E-state index in [-0.39, 0.29) is 29.7 Å². The SMILES string of the molecule is CC(C)(C)OC(=O)N1CC(COc2ccc(-c3cccc(OCc4ccc(C(=O)NS(C)(=O)=O)cc4F)c3)cn2)C1. The summed E-state index contributed by atoms with van der Waals surface area (Å²) in [6, 6.07) is 14.5. The van der Waals surface area contributed by atoms with Gasteiger partial charge in [-0.2, -0.15) is 0 Å². The van der Waals surface area contributed by atoms with Crippen LogP contribution >= 0.6 is 0 Å². The highest BCUT2D eigenvalue weighted by Crippen LogP contribution is 2.26. The van der Waals surface area contributed by atoms with Gasteiger partial charge in [0.1, 0.15) is 23.8 Å². The molecule has 2 amide bonds. The van der Waals surface area contributed by atoms with Crippen molar-refractivity contribution in [2.24, 2.45) is 5.92 Å². The highest BCUT2D eigenvalue weighted by molar-refractivity contribution is 7.89. The molecule has 1 N–H and O–H groups in total. The lowest BCUT2D eigenvalue weighted by Crippen LogP contribution is -2.53. The molecule has 1 aromatic heterocycles. The number of ether oxygens (including phenoxy) is 3. The number of nitrogens with zero attached hydrogens (tertiary/aromatic N) is 2. The third-order valence-electron chi connectivity index (χ3n) is 5.97. The Morgan fingerprint density at radius 1 is 1.05 bits per heavy atom. The number of sulfonamides is 1. The number of rotatable bonds is 9. The Balaban J connectivity index is 1.28. The fourth-order valence-electron chi connectivity index (χ4n) is 3.95. The van der Waals surface area contributed by atoms with Crippen molar-refractivity contribution in [1.29, 1.82) is 0 Å². The van der Waals surface area contributed by atoms with Gasteiger partial charge in [-0.3, -0.25) is 4.79 Å². The van der Waals surface area contributed by atoms with Gasteiger partial charge >= 0.3 is 6.09 Å². The van der Waals surface area contributed by atoms with E-state index in [0.717, 1.165) is 23.4 Å². The van der Waals surface area contributed by atoms with Gasteiger partial charge in [-0.05, 0) is 56.7 Å². The molecule has 4 rings (SSSR count). The average molecular weight is 586 g/mol. The zero-order valence-corrected chi connectivity index (χ0v) is 24.0. The number of halogens is 1. The normalized spacial score (nSPS) is 13.7. The number of hydrogen-bond donors (Lipinski definition) is 1. The minimum absolute atomic E-state index is 0.0964. The van der Waals surface area contributed by atoms with Crippen LogP contribution in [0.1, 0.15) is 36.7 Å². The van der Waals surface area contributed by atoms with Gasteiger partial charge in [0.25, 0.3) is 5.91 Å². The molecule has 2 aromatic carbocycles. The van der Waals surface area contributed by atoms with Crippen molar-refractivity contribution in [1.82, 2.24) is 14.6 Å². The fraction of sp³-hybridized carbons (Fsp3) is 0.345. The van der Waals surface area contributed by atoms with Crippen LogP contribution in [0, 0.1) is 11.7 Å². The van der Waals surface area contributed by atoms with Gasteiger partial charge in [-0.1, -0.05) is 18.2 Å². The van der Waals surface area contributed by atoms with Gasteiger partial charge in [0, 0.05) is 48.0 Å². The van der Waals surface area contributed by atoms with Gasteiger partial charge in [0.15, 0.2) is 0 Å². The molecule has 12 heteroatoms. The standard InChI is InChI=1S/C29H32FN3O7S/c1-29(2,3)40-28(35)33-15-19(16-33)17-39-26-11-10-22(14-31-26)20-6-5-7-24(12-20)38-18-23-9-8-21(13-25(23)30)27(34)32-41(4,36)37/h5-14,19H,15-18H2,1-4H3,(H,32,34). The number of amides is 2. The minimum atomic E-state index is -3.76. The van der Waals surface area contributed by atoms with Crippen LogP contribution in [-0.2, 0) is 21.4 Å². The fourth-order valence-corrected chi connectivity index (χ4v) is 4.40. The predicted molar refractivity (Wildman–Crippen MR) is 150 cm³/mol. The van der Waals surface area contributed by atoms with Crippen molar-refractivity contribution in [2.75, 3.05) is 26.0 Å². The van der Waals surface area contributed by atoms with E-state index in [2.05, 4.69) is 4.98 Å². The van der Waals surface area contributed by atoms with E-state index >= 15 is 0 Å². The van der Waals surface area contributed by atoms with Gasteiger partial charge in [-0.25, -0.2) is 27.3 Å². The van der Waals surface area contributed by atoms with Crippen molar-refractivity contribution in [3.63, 3.8) is 0 Å². The Hall–Kier alpha value is -4.19. The number of pyridine rings is 1. The molecule has 1 saturated heterocycles. The monoisotopic (exact) mass is 585 g/mol. The van der Waals surface area contributed by atoms with E-state index in [9.17, 15) is 22.4 Å². The second kappa shape index (κ2) is 12.1. The average Bonchev–Trinajstić information content (AvgIpc) is 2.85. The highest BCUT2D eigenvalue weighted by Gasteiger charge is 2.34. The Labute approximate surface area is 238 Å². The molecule has 3 aromatic rings. The lowest BCUT2D eigenvalue weighted by atomic mass is 10.0. The number of aromatic nitrogens is 1. The van der Waals surface area contributed by atoms with Crippen LogP contribution in [0.5, 0.6) is 11.6 Å². The second-order valence-corrected chi connectivity index (χ2v) is 12.5. The molecular formula is C29H32FN3O7S. The highest BCUT2D eigenvalue weighted by atomic mass is 32.2. The van der Waals surface area contributed by atoms with Crippen LogP contribution in [0.2, 0.25) is 0 Å². The molecule has 0 radical (unpaired) electrons. The van der Waals surface area contributed by atoms with Gasteiger partial charge in [0.05, 0.1) is 12.9 Å². The Morgan fingerprint density at radius 2 is 1.80 bits per heavy atom. The summed E-state index contributed by atoms with van der Waals surface area (Å²) in [7, 11) is -3.76. The van der Waals surface area contributed by atoms with E-state index in [0.29, 0.717) is 31.3 Å². The van der Waals surface area contributed by atoms with E-state index in [1.165, 1.54) is 12.1 Å². The number of nitrogens with one attached hydrogen (secondary N) is 1. The summed E-state index contributed by atoms with van der Waals surface area (Å²) in [5, 5.41) is 0. The third-order valence-corrected chi connectivity index (χ3v) is 6.52. The largest absolute Gasteiger partial charge is 0.489 e. The van der Waals surface area contributed by atoms with Crippen molar-refractivity contribution in [2.45, 2.75) is 33.0 Å². The lowest BCUT2D eigenvalue weighted by Gasteiger charge is -2.39. The van der Waals surface area contributed by atoms with Gasteiger partial charge < -0.3 is 19.1 Å². The molecular weight excluding hydrogens is 553 g/mol. The molecule has 1 fully saturated rings. The van der Waals surface area contributed by atoms with E-state index in [4.69, 9.17) is 14.2 Å². The third kappa shape index (κ3) is 8.65. The van der Waals surface area contributed by atoms with Crippen LogP contribution in [0.3, 0.4) is 0 Å². The Kier molecular flexibility index (Phi) is 8.81. The summed E-state index contributed by atoms with van der Waals surface area (Å²) in [6.45, 7) is 7.00. The number of carbonyl (C=O) groups excluding carboxylic acids is 2. The summed E-state index contributed by atoms with van der Waals surface area (Å²) in [6.07, 6.45) is 2.21. The molecule has 41 heavy (non-hydrogen) atoms. The molecule has 10 nitrogen and oxygen atoms in total. The molecule has 218 valence electrons. The molecule has 0 atom stereocenters.